The van der Waals surface area contributed by atoms with E-state index in [2.05, 4.69) is 6.07 Å². The van der Waals surface area contributed by atoms with Gasteiger partial charge >= 0.3 is 0 Å². The van der Waals surface area contributed by atoms with E-state index in [1.54, 1.807) is 11.3 Å². The van der Waals surface area contributed by atoms with Crippen molar-refractivity contribution in [1.29, 1.82) is 0 Å². The van der Waals surface area contributed by atoms with Crippen LogP contribution in [0, 0.1) is 5.92 Å². The van der Waals surface area contributed by atoms with Gasteiger partial charge in [-0.3, -0.25) is 4.79 Å². The topological polar surface area (TPSA) is 17.1 Å². The van der Waals surface area contributed by atoms with Gasteiger partial charge in [-0.2, -0.15) is 0 Å². The second kappa shape index (κ2) is 3.26. The molecule has 0 aromatic carbocycles. The molecule has 0 atom stereocenters. The van der Waals surface area contributed by atoms with Gasteiger partial charge in [-0.25, -0.2) is 0 Å². The Hall–Kier alpha value is -0.630. The summed E-state index contributed by atoms with van der Waals surface area (Å²) in [5.41, 5.74) is 1.43. The minimum Gasteiger partial charge on any atom is -0.293 e. The number of hydrogen-bond donors (Lipinski definition) is 0. The second-order valence-electron chi connectivity index (χ2n) is 3.93. The number of Topliss-reactive ketones (excluding diaryl/α,β-unsaturated/α-hetero) is 1. The SMILES string of the molecule is CC(C)C(=O)c1cc2c(s1)CCC2. The highest BCUT2D eigenvalue weighted by atomic mass is 32.1. The smallest absolute Gasteiger partial charge is 0.175 e. The Morgan fingerprint density at radius 1 is 1.46 bits per heavy atom. The van der Waals surface area contributed by atoms with Crippen molar-refractivity contribution in [1.82, 2.24) is 0 Å². The molecule has 2 heteroatoms. The summed E-state index contributed by atoms with van der Waals surface area (Å²) in [6.07, 6.45) is 3.64. The first-order valence-corrected chi connectivity index (χ1v) is 5.66. The molecule has 1 aromatic rings. The fraction of sp³-hybridized carbons (Fsp3) is 0.545. The average Bonchev–Trinajstić information content (AvgIpc) is 2.59. The molecular formula is C11H14OS. The molecule has 0 radical (unpaired) electrons. The normalized spacial score (nSPS) is 15.0. The minimum atomic E-state index is 0.138. The van der Waals surface area contributed by atoms with E-state index < -0.39 is 0 Å². The fourth-order valence-electron chi connectivity index (χ4n) is 1.73. The Morgan fingerprint density at radius 2 is 2.23 bits per heavy atom. The highest BCUT2D eigenvalue weighted by molar-refractivity contribution is 7.14. The number of carbonyl (C=O) groups is 1. The summed E-state index contributed by atoms with van der Waals surface area (Å²) in [5, 5.41) is 0. The number of carbonyl (C=O) groups excluding carboxylic acids is 1. The van der Waals surface area contributed by atoms with E-state index in [4.69, 9.17) is 0 Å². The molecule has 1 aliphatic carbocycles. The number of thiophene rings is 1. The summed E-state index contributed by atoms with van der Waals surface area (Å²) in [6, 6.07) is 2.11. The van der Waals surface area contributed by atoms with Crippen LogP contribution in [-0.4, -0.2) is 5.78 Å². The van der Waals surface area contributed by atoms with Gasteiger partial charge in [0.25, 0.3) is 0 Å². The molecule has 0 aliphatic heterocycles. The van der Waals surface area contributed by atoms with Crippen LogP contribution in [0.5, 0.6) is 0 Å². The quantitative estimate of drug-likeness (QED) is 0.661. The largest absolute Gasteiger partial charge is 0.293 e. The van der Waals surface area contributed by atoms with E-state index in [0.717, 1.165) is 4.88 Å². The van der Waals surface area contributed by atoms with Gasteiger partial charge in [0.1, 0.15) is 0 Å². The first-order valence-electron chi connectivity index (χ1n) is 4.84. The molecule has 1 nitrogen and oxygen atoms in total. The van der Waals surface area contributed by atoms with Crippen molar-refractivity contribution in [3.05, 3.63) is 21.4 Å². The molecule has 0 spiro atoms. The number of aryl methyl sites for hydroxylation is 2. The molecule has 0 amide bonds. The molecule has 1 aliphatic rings. The first kappa shape index (κ1) is 8.95. The van der Waals surface area contributed by atoms with Crippen LogP contribution in [0.4, 0.5) is 0 Å². The highest BCUT2D eigenvalue weighted by Crippen LogP contribution is 2.31. The van der Waals surface area contributed by atoms with E-state index in [-0.39, 0.29) is 5.92 Å². The Labute approximate surface area is 82.8 Å². The van der Waals surface area contributed by atoms with Gasteiger partial charge < -0.3 is 0 Å². The van der Waals surface area contributed by atoms with Crippen LogP contribution in [0.15, 0.2) is 6.07 Å². The Morgan fingerprint density at radius 3 is 2.85 bits per heavy atom. The lowest BCUT2D eigenvalue weighted by Crippen LogP contribution is -2.04. The van der Waals surface area contributed by atoms with Gasteiger partial charge in [0.15, 0.2) is 5.78 Å². The van der Waals surface area contributed by atoms with Crippen LogP contribution < -0.4 is 0 Å². The molecular weight excluding hydrogens is 180 g/mol. The Bertz CT molecular complexity index is 314. The summed E-state index contributed by atoms with van der Waals surface area (Å²) < 4.78 is 0. The van der Waals surface area contributed by atoms with Gasteiger partial charge in [0.2, 0.25) is 0 Å². The number of ketones is 1. The summed E-state index contributed by atoms with van der Waals surface area (Å²) in [4.78, 5) is 14.1. The predicted molar refractivity (Wildman–Crippen MR) is 55.5 cm³/mol. The molecule has 0 saturated heterocycles. The van der Waals surface area contributed by atoms with Gasteiger partial charge in [-0.15, -0.1) is 11.3 Å². The molecule has 13 heavy (non-hydrogen) atoms. The van der Waals surface area contributed by atoms with Crippen LogP contribution in [0.1, 0.15) is 40.4 Å². The molecule has 1 aromatic heterocycles. The molecule has 2 rings (SSSR count). The lowest BCUT2D eigenvalue weighted by molar-refractivity contribution is 0.0943. The summed E-state index contributed by atoms with van der Waals surface area (Å²) >= 11 is 1.71. The Balaban J connectivity index is 2.28. The van der Waals surface area contributed by atoms with E-state index in [1.165, 1.54) is 29.7 Å². The summed E-state index contributed by atoms with van der Waals surface area (Å²) in [5.74, 6) is 0.443. The van der Waals surface area contributed by atoms with Crippen molar-refractivity contribution in [2.45, 2.75) is 33.1 Å². The van der Waals surface area contributed by atoms with Crippen molar-refractivity contribution in [2.24, 2.45) is 5.92 Å². The third kappa shape index (κ3) is 1.55. The molecule has 1 heterocycles. The van der Waals surface area contributed by atoms with E-state index in [1.807, 2.05) is 13.8 Å². The van der Waals surface area contributed by atoms with Gasteiger partial charge in [-0.05, 0) is 30.9 Å². The lowest BCUT2D eigenvalue weighted by atomic mass is 10.1. The average molecular weight is 194 g/mol. The zero-order valence-corrected chi connectivity index (χ0v) is 8.91. The van der Waals surface area contributed by atoms with Crippen LogP contribution >= 0.6 is 11.3 Å². The minimum absolute atomic E-state index is 0.138. The van der Waals surface area contributed by atoms with Crippen molar-refractivity contribution in [3.8, 4) is 0 Å². The maximum Gasteiger partial charge on any atom is 0.175 e. The van der Waals surface area contributed by atoms with Crippen LogP contribution in [0.3, 0.4) is 0 Å². The van der Waals surface area contributed by atoms with Crippen molar-refractivity contribution in [2.75, 3.05) is 0 Å². The first-order chi connectivity index (χ1) is 6.18. The van der Waals surface area contributed by atoms with E-state index in [9.17, 15) is 4.79 Å². The van der Waals surface area contributed by atoms with Gasteiger partial charge in [-0.1, -0.05) is 13.8 Å². The summed E-state index contributed by atoms with van der Waals surface area (Å²) in [6.45, 7) is 3.93. The van der Waals surface area contributed by atoms with Gasteiger partial charge in [0.05, 0.1) is 4.88 Å². The maximum absolute atomic E-state index is 11.7. The fourth-order valence-corrected chi connectivity index (χ4v) is 3.08. The van der Waals surface area contributed by atoms with Crippen LogP contribution in [0.25, 0.3) is 0 Å². The van der Waals surface area contributed by atoms with E-state index >= 15 is 0 Å². The molecule has 0 unspecified atom stereocenters. The summed E-state index contributed by atoms with van der Waals surface area (Å²) in [7, 11) is 0. The monoisotopic (exact) mass is 194 g/mol. The number of rotatable bonds is 2. The van der Waals surface area contributed by atoms with Crippen molar-refractivity contribution in [3.63, 3.8) is 0 Å². The van der Waals surface area contributed by atoms with Gasteiger partial charge in [0, 0.05) is 10.8 Å². The molecule has 0 fully saturated rings. The lowest BCUT2D eigenvalue weighted by Gasteiger charge is -1.99. The second-order valence-corrected chi connectivity index (χ2v) is 5.07. The standard InChI is InChI=1S/C11H14OS/c1-7(2)11(12)10-6-8-4-3-5-9(8)13-10/h6-7H,3-5H2,1-2H3. The highest BCUT2D eigenvalue weighted by Gasteiger charge is 2.19. The number of fused-ring (bicyclic) bond motifs is 1. The van der Waals surface area contributed by atoms with Crippen molar-refractivity contribution < 1.29 is 4.79 Å². The maximum atomic E-state index is 11.7. The van der Waals surface area contributed by atoms with Crippen LogP contribution in [0.2, 0.25) is 0 Å². The molecule has 0 N–H and O–H groups in total. The molecule has 0 bridgehead atoms. The Kier molecular flexibility index (Phi) is 2.24. The van der Waals surface area contributed by atoms with Crippen molar-refractivity contribution >= 4 is 17.1 Å². The third-order valence-corrected chi connectivity index (χ3v) is 3.77. The molecule has 70 valence electrons. The number of hydrogen-bond acceptors (Lipinski definition) is 2. The van der Waals surface area contributed by atoms with Crippen LogP contribution in [-0.2, 0) is 12.8 Å². The zero-order chi connectivity index (χ0) is 9.42. The predicted octanol–water partition coefficient (Wildman–Crippen LogP) is 3.08. The van der Waals surface area contributed by atoms with E-state index in [0.29, 0.717) is 5.78 Å². The third-order valence-electron chi connectivity index (χ3n) is 2.51. The zero-order valence-electron chi connectivity index (χ0n) is 8.09. The molecule has 0 saturated carbocycles.